The highest BCUT2D eigenvalue weighted by molar-refractivity contribution is 5.77. The van der Waals surface area contributed by atoms with Crippen molar-refractivity contribution >= 4 is 11.0 Å². The second kappa shape index (κ2) is 10.1. The Bertz CT molecular complexity index is 1610. The molecule has 0 saturated heterocycles. The number of rotatable bonds is 6. The molecule has 184 valence electrons. The molecule has 0 unspecified atom stereocenters. The minimum Gasteiger partial charge on any atom is -0.308 e. The largest absolute Gasteiger partial charge is 0.308 e. The molecule has 5 aromatic rings. The van der Waals surface area contributed by atoms with Crippen LogP contribution in [0.25, 0.3) is 11.0 Å². The number of aromatic nitrogens is 3. The van der Waals surface area contributed by atoms with E-state index >= 15 is 0 Å². The molecule has 0 bridgehead atoms. The molecule has 0 radical (unpaired) electrons. The van der Waals surface area contributed by atoms with Crippen LogP contribution in [0, 0.1) is 5.82 Å². The molecule has 6 heteroatoms. The third kappa shape index (κ3) is 4.93. The Balaban J connectivity index is 1.36. The second-order valence-electron chi connectivity index (χ2n) is 9.62. The molecule has 1 aliphatic rings. The van der Waals surface area contributed by atoms with Gasteiger partial charge >= 0.3 is 0 Å². The van der Waals surface area contributed by atoms with Crippen molar-refractivity contribution in [1.29, 1.82) is 0 Å². The number of hydrogen-bond acceptors (Lipinski definition) is 4. The van der Waals surface area contributed by atoms with Crippen molar-refractivity contribution < 1.29 is 4.39 Å². The van der Waals surface area contributed by atoms with E-state index < -0.39 is 0 Å². The van der Waals surface area contributed by atoms with Gasteiger partial charge in [0.05, 0.1) is 17.6 Å². The topological polar surface area (TPSA) is 51.0 Å². The summed E-state index contributed by atoms with van der Waals surface area (Å²) in [6.07, 6.45) is 4.81. The fourth-order valence-corrected chi connectivity index (χ4v) is 5.28. The normalized spacial score (nSPS) is 13.5. The molecule has 6 rings (SSSR count). The highest BCUT2D eigenvalue weighted by Gasteiger charge is 2.23. The van der Waals surface area contributed by atoms with Crippen molar-refractivity contribution in [3.63, 3.8) is 0 Å². The minimum atomic E-state index is -0.273. The van der Waals surface area contributed by atoms with Crippen LogP contribution in [0.1, 0.15) is 33.5 Å². The van der Waals surface area contributed by atoms with Crippen LogP contribution < -0.4 is 5.56 Å². The first kappa shape index (κ1) is 23.3. The Morgan fingerprint density at radius 3 is 2.46 bits per heavy atom. The summed E-state index contributed by atoms with van der Waals surface area (Å²) < 4.78 is 15.4. The predicted molar refractivity (Wildman–Crippen MR) is 143 cm³/mol. The van der Waals surface area contributed by atoms with Gasteiger partial charge in [-0.2, -0.15) is 0 Å². The van der Waals surface area contributed by atoms with Gasteiger partial charge in [-0.05, 0) is 46.5 Å². The monoisotopic (exact) mass is 490 g/mol. The van der Waals surface area contributed by atoms with Crippen LogP contribution in [0.5, 0.6) is 0 Å². The third-order valence-corrected chi connectivity index (χ3v) is 7.09. The molecule has 3 aromatic carbocycles. The summed E-state index contributed by atoms with van der Waals surface area (Å²) in [6.45, 7) is 2.78. The maximum Gasteiger partial charge on any atom is 0.254 e. The number of benzene rings is 3. The Hall–Kier alpha value is -4.16. The van der Waals surface area contributed by atoms with Crippen LogP contribution in [-0.2, 0) is 32.5 Å². The van der Waals surface area contributed by atoms with E-state index in [-0.39, 0.29) is 11.4 Å². The fourth-order valence-electron chi connectivity index (χ4n) is 5.28. The van der Waals surface area contributed by atoms with Crippen molar-refractivity contribution in [2.45, 2.75) is 32.5 Å². The second-order valence-corrected chi connectivity index (χ2v) is 9.62. The van der Waals surface area contributed by atoms with Gasteiger partial charge in [0.2, 0.25) is 0 Å². The first-order chi connectivity index (χ1) is 18.1. The summed E-state index contributed by atoms with van der Waals surface area (Å²) in [5.41, 5.74) is 8.06. The molecule has 37 heavy (non-hydrogen) atoms. The van der Waals surface area contributed by atoms with Crippen molar-refractivity contribution in [1.82, 2.24) is 19.4 Å². The fraction of sp³-hybridized carbons (Fsp3) is 0.194. The standard InChI is InChI=1S/C31H27FN4O/c32-27-11-9-23(10-12-27)19-36-29-13-16-35(20-24-7-4-8-28-30(24)34-15-14-33-28)21-26(29)18-25(31(36)37)17-22-5-2-1-3-6-22/h1-12,14-15,18H,13,16-17,19-21H2. The van der Waals surface area contributed by atoms with Gasteiger partial charge in [0, 0.05) is 56.1 Å². The Kier molecular flexibility index (Phi) is 6.33. The lowest BCUT2D eigenvalue weighted by atomic mass is 9.98. The SMILES string of the molecule is O=c1c(Cc2ccccc2)cc2c(n1Cc1ccc(F)cc1)CCN(Cc1cccc3nccnc13)C2. The lowest BCUT2D eigenvalue weighted by Gasteiger charge is -2.31. The molecule has 0 spiro atoms. The van der Waals surface area contributed by atoms with Gasteiger partial charge in [-0.1, -0.05) is 54.6 Å². The molecule has 0 atom stereocenters. The Morgan fingerprint density at radius 1 is 0.811 bits per heavy atom. The average Bonchev–Trinajstić information content (AvgIpc) is 2.93. The lowest BCUT2D eigenvalue weighted by Crippen LogP contribution is -2.37. The van der Waals surface area contributed by atoms with Crippen LogP contribution in [0.2, 0.25) is 0 Å². The molecule has 0 N–H and O–H groups in total. The number of fused-ring (bicyclic) bond motifs is 2. The van der Waals surface area contributed by atoms with E-state index in [1.165, 1.54) is 17.7 Å². The Labute approximate surface area is 214 Å². The Morgan fingerprint density at radius 2 is 1.62 bits per heavy atom. The van der Waals surface area contributed by atoms with Crippen LogP contribution in [0.15, 0.2) is 96.1 Å². The maximum atomic E-state index is 13.7. The zero-order valence-electron chi connectivity index (χ0n) is 20.5. The molecule has 0 saturated carbocycles. The average molecular weight is 491 g/mol. The maximum absolute atomic E-state index is 13.7. The summed E-state index contributed by atoms with van der Waals surface area (Å²) >= 11 is 0. The van der Waals surface area contributed by atoms with E-state index in [0.29, 0.717) is 13.0 Å². The predicted octanol–water partition coefficient (Wildman–Crippen LogP) is 5.13. The van der Waals surface area contributed by atoms with Crippen LogP contribution in [0.3, 0.4) is 0 Å². The lowest BCUT2D eigenvalue weighted by molar-refractivity contribution is 0.241. The molecule has 1 aliphatic heterocycles. The van der Waals surface area contributed by atoms with Crippen molar-refractivity contribution in [3.8, 4) is 0 Å². The van der Waals surface area contributed by atoms with Gasteiger partial charge in [0.15, 0.2) is 0 Å². The van der Waals surface area contributed by atoms with Crippen LogP contribution >= 0.6 is 0 Å². The number of hydrogen-bond donors (Lipinski definition) is 0. The number of nitrogens with zero attached hydrogens (tertiary/aromatic N) is 4. The van der Waals surface area contributed by atoms with E-state index in [9.17, 15) is 9.18 Å². The first-order valence-electron chi connectivity index (χ1n) is 12.6. The van der Waals surface area contributed by atoms with Gasteiger partial charge in [-0.3, -0.25) is 19.7 Å². The van der Waals surface area contributed by atoms with E-state index in [1.807, 2.05) is 34.9 Å². The molecule has 0 aliphatic carbocycles. The zero-order valence-corrected chi connectivity index (χ0v) is 20.5. The van der Waals surface area contributed by atoms with Crippen LogP contribution in [0.4, 0.5) is 4.39 Å². The van der Waals surface area contributed by atoms with Gasteiger partial charge in [0.25, 0.3) is 5.56 Å². The molecule has 3 heterocycles. The molecular formula is C31H27FN4O. The number of para-hydroxylation sites is 1. The minimum absolute atomic E-state index is 0.0321. The van der Waals surface area contributed by atoms with Crippen molar-refractivity contribution in [2.24, 2.45) is 0 Å². The third-order valence-electron chi connectivity index (χ3n) is 7.09. The van der Waals surface area contributed by atoms with Crippen molar-refractivity contribution in [2.75, 3.05) is 6.54 Å². The molecular weight excluding hydrogens is 463 g/mol. The summed E-state index contributed by atoms with van der Waals surface area (Å²) in [4.78, 5) is 25.1. The number of pyridine rings is 1. The first-order valence-corrected chi connectivity index (χ1v) is 12.6. The van der Waals surface area contributed by atoms with Gasteiger partial charge in [-0.25, -0.2) is 4.39 Å². The zero-order chi connectivity index (χ0) is 25.2. The smallest absolute Gasteiger partial charge is 0.254 e. The highest BCUT2D eigenvalue weighted by atomic mass is 19.1. The molecule has 2 aromatic heterocycles. The van der Waals surface area contributed by atoms with E-state index in [0.717, 1.165) is 65.0 Å². The summed E-state index contributed by atoms with van der Waals surface area (Å²) in [7, 11) is 0. The van der Waals surface area contributed by atoms with Gasteiger partial charge < -0.3 is 4.57 Å². The quantitative estimate of drug-likeness (QED) is 0.331. The van der Waals surface area contributed by atoms with E-state index in [1.54, 1.807) is 24.5 Å². The number of halogens is 1. The molecule has 5 nitrogen and oxygen atoms in total. The van der Waals surface area contributed by atoms with E-state index in [4.69, 9.17) is 0 Å². The van der Waals surface area contributed by atoms with Crippen molar-refractivity contribution in [3.05, 3.63) is 141 Å². The molecule has 0 fully saturated rings. The molecule has 0 amide bonds. The van der Waals surface area contributed by atoms with E-state index in [2.05, 4.69) is 39.1 Å². The van der Waals surface area contributed by atoms with Gasteiger partial charge in [0.1, 0.15) is 5.82 Å². The highest BCUT2D eigenvalue weighted by Crippen LogP contribution is 2.24. The summed E-state index contributed by atoms with van der Waals surface area (Å²) in [6, 6.07) is 24.7. The van der Waals surface area contributed by atoms with Crippen LogP contribution in [-0.4, -0.2) is 26.0 Å². The van der Waals surface area contributed by atoms with Gasteiger partial charge in [-0.15, -0.1) is 0 Å². The summed E-state index contributed by atoms with van der Waals surface area (Å²) in [5, 5.41) is 0. The summed E-state index contributed by atoms with van der Waals surface area (Å²) in [5.74, 6) is -0.273.